The van der Waals surface area contributed by atoms with Crippen LogP contribution in [-0.4, -0.2) is 18.1 Å². The van der Waals surface area contributed by atoms with Crippen LogP contribution >= 0.6 is 15.9 Å². The molecule has 94 valence electrons. The Morgan fingerprint density at radius 2 is 2.12 bits per heavy atom. The van der Waals surface area contributed by atoms with Gasteiger partial charge in [0.1, 0.15) is 11.6 Å². The summed E-state index contributed by atoms with van der Waals surface area (Å²) in [6, 6.07) is 4.04. The van der Waals surface area contributed by atoms with E-state index in [2.05, 4.69) is 21.2 Å². The fourth-order valence-corrected chi connectivity index (χ4v) is 1.66. The summed E-state index contributed by atoms with van der Waals surface area (Å²) in [5.41, 5.74) is -0.291. The van der Waals surface area contributed by atoms with Crippen molar-refractivity contribution in [1.82, 2.24) is 5.32 Å². The highest BCUT2D eigenvalue weighted by Gasteiger charge is 2.14. The molecule has 0 aliphatic carbocycles. The molecular weight excluding hydrogens is 289 g/mol. The molecule has 5 heteroatoms. The van der Waals surface area contributed by atoms with Gasteiger partial charge in [-0.25, -0.2) is 4.39 Å². The smallest absolute Gasteiger partial charge is 0.258 e. The van der Waals surface area contributed by atoms with Crippen molar-refractivity contribution < 1.29 is 13.9 Å². The van der Waals surface area contributed by atoms with Crippen molar-refractivity contribution in [3.8, 4) is 5.75 Å². The molecular formula is C12H15BrFNO2. The molecule has 0 fully saturated rings. The van der Waals surface area contributed by atoms with Gasteiger partial charge in [-0.05, 0) is 54.9 Å². The van der Waals surface area contributed by atoms with Crippen molar-refractivity contribution in [3.05, 3.63) is 28.5 Å². The van der Waals surface area contributed by atoms with Crippen molar-refractivity contribution in [3.63, 3.8) is 0 Å². The molecule has 0 radical (unpaired) electrons. The highest BCUT2D eigenvalue weighted by molar-refractivity contribution is 9.10. The minimum Gasteiger partial charge on any atom is -0.483 e. The number of hydrogen-bond donors (Lipinski definition) is 1. The number of rotatable bonds is 3. The van der Waals surface area contributed by atoms with Crippen LogP contribution in [0, 0.1) is 5.82 Å². The molecule has 0 heterocycles. The van der Waals surface area contributed by atoms with Crippen molar-refractivity contribution in [1.29, 1.82) is 0 Å². The summed E-state index contributed by atoms with van der Waals surface area (Å²) >= 11 is 3.16. The van der Waals surface area contributed by atoms with E-state index in [1.54, 1.807) is 0 Å². The van der Waals surface area contributed by atoms with Gasteiger partial charge in [-0.1, -0.05) is 0 Å². The zero-order valence-corrected chi connectivity index (χ0v) is 11.6. The maximum absolute atomic E-state index is 12.8. The summed E-state index contributed by atoms with van der Waals surface area (Å²) in [4.78, 5) is 11.5. The molecule has 1 aromatic carbocycles. The van der Waals surface area contributed by atoms with Crippen LogP contribution < -0.4 is 10.1 Å². The largest absolute Gasteiger partial charge is 0.483 e. The van der Waals surface area contributed by atoms with Gasteiger partial charge in [0.25, 0.3) is 5.91 Å². The predicted octanol–water partition coefficient (Wildman–Crippen LogP) is 2.88. The summed E-state index contributed by atoms with van der Waals surface area (Å²) in [5.74, 6) is -0.132. The molecule has 1 N–H and O–H groups in total. The van der Waals surface area contributed by atoms with Crippen LogP contribution in [0.5, 0.6) is 5.75 Å². The van der Waals surface area contributed by atoms with Crippen LogP contribution in [0.15, 0.2) is 22.7 Å². The molecule has 0 aliphatic heterocycles. The van der Waals surface area contributed by atoms with Crippen molar-refractivity contribution in [2.24, 2.45) is 0 Å². The Hall–Kier alpha value is -1.10. The molecule has 1 rings (SSSR count). The standard InChI is InChI=1S/C12H15BrFNO2/c1-12(2,3)15-11(16)7-17-10-5-4-8(14)6-9(10)13/h4-6H,7H2,1-3H3,(H,15,16). The van der Waals surface area contributed by atoms with Gasteiger partial charge in [-0.2, -0.15) is 0 Å². The van der Waals surface area contributed by atoms with Gasteiger partial charge in [0, 0.05) is 5.54 Å². The average molecular weight is 304 g/mol. The van der Waals surface area contributed by atoms with E-state index in [1.165, 1.54) is 18.2 Å². The minimum atomic E-state index is -0.358. The van der Waals surface area contributed by atoms with Crippen LogP contribution in [0.4, 0.5) is 4.39 Å². The van der Waals surface area contributed by atoms with Gasteiger partial charge >= 0.3 is 0 Å². The molecule has 0 aromatic heterocycles. The number of carbonyl (C=O) groups is 1. The maximum atomic E-state index is 12.8. The van der Waals surface area contributed by atoms with Gasteiger partial charge in [-0.3, -0.25) is 4.79 Å². The van der Waals surface area contributed by atoms with E-state index in [0.717, 1.165) is 0 Å². The van der Waals surface area contributed by atoms with E-state index in [4.69, 9.17) is 4.74 Å². The Labute approximate surface area is 108 Å². The second-order valence-corrected chi connectivity index (χ2v) is 5.52. The molecule has 0 bridgehead atoms. The molecule has 0 unspecified atom stereocenters. The van der Waals surface area contributed by atoms with E-state index >= 15 is 0 Å². The summed E-state index contributed by atoms with van der Waals surface area (Å²) in [7, 11) is 0. The zero-order chi connectivity index (χ0) is 13.1. The van der Waals surface area contributed by atoms with Crippen LogP contribution in [0.25, 0.3) is 0 Å². The second-order valence-electron chi connectivity index (χ2n) is 4.66. The first-order valence-corrected chi connectivity index (χ1v) is 5.96. The molecule has 17 heavy (non-hydrogen) atoms. The quantitative estimate of drug-likeness (QED) is 0.932. The van der Waals surface area contributed by atoms with Crippen LogP contribution in [0.1, 0.15) is 20.8 Å². The third-order valence-electron chi connectivity index (χ3n) is 1.77. The first kappa shape index (κ1) is 14.0. The Kier molecular flexibility index (Phi) is 4.51. The van der Waals surface area contributed by atoms with Crippen LogP contribution in [0.2, 0.25) is 0 Å². The van der Waals surface area contributed by atoms with E-state index in [0.29, 0.717) is 10.2 Å². The van der Waals surface area contributed by atoms with Crippen molar-refractivity contribution in [2.75, 3.05) is 6.61 Å². The van der Waals surface area contributed by atoms with Gasteiger partial charge in [-0.15, -0.1) is 0 Å². The molecule has 0 spiro atoms. The number of hydrogen-bond acceptors (Lipinski definition) is 2. The monoisotopic (exact) mass is 303 g/mol. The highest BCUT2D eigenvalue weighted by Crippen LogP contribution is 2.25. The number of carbonyl (C=O) groups excluding carboxylic acids is 1. The highest BCUT2D eigenvalue weighted by atomic mass is 79.9. The lowest BCUT2D eigenvalue weighted by Gasteiger charge is -2.20. The normalized spacial score (nSPS) is 11.1. The molecule has 0 atom stereocenters. The first-order valence-electron chi connectivity index (χ1n) is 5.17. The number of halogens is 2. The first-order chi connectivity index (χ1) is 7.78. The maximum Gasteiger partial charge on any atom is 0.258 e. The van der Waals surface area contributed by atoms with E-state index in [9.17, 15) is 9.18 Å². The van der Waals surface area contributed by atoms with Gasteiger partial charge in [0.2, 0.25) is 0 Å². The molecule has 0 aliphatic rings. The zero-order valence-electron chi connectivity index (χ0n) is 10.0. The summed E-state index contributed by atoms with van der Waals surface area (Å²) in [5, 5.41) is 2.77. The third-order valence-corrected chi connectivity index (χ3v) is 2.39. The van der Waals surface area contributed by atoms with Gasteiger partial charge < -0.3 is 10.1 Å². The molecule has 0 saturated carbocycles. The lowest BCUT2D eigenvalue weighted by Crippen LogP contribution is -2.43. The van der Waals surface area contributed by atoms with Crippen molar-refractivity contribution in [2.45, 2.75) is 26.3 Å². The van der Waals surface area contributed by atoms with Gasteiger partial charge in [0.15, 0.2) is 6.61 Å². The lowest BCUT2D eigenvalue weighted by atomic mass is 10.1. The fraction of sp³-hybridized carbons (Fsp3) is 0.417. The number of benzene rings is 1. The Bertz CT molecular complexity index is 415. The van der Waals surface area contributed by atoms with Crippen LogP contribution in [-0.2, 0) is 4.79 Å². The number of amides is 1. The summed E-state index contributed by atoms with van der Waals surface area (Å²) in [6.45, 7) is 5.57. The third kappa shape index (κ3) is 5.17. The van der Waals surface area contributed by atoms with E-state index in [-0.39, 0.29) is 23.9 Å². The fourth-order valence-electron chi connectivity index (χ4n) is 1.19. The average Bonchev–Trinajstić information content (AvgIpc) is 2.13. The van der Waals surface area contributed by atoms with Crippen LogP contribution in [0.3, 0.4) is 0 Å². The molecule has 1 aromatic rings. The Morgan fingerprint density at radius 3 is 2.65 bits per heavy atom. The van der Waals surface area contributed by atoms with Gasteiger partial charge in [0.05, 0.1) is 4.47 Å². The molecule has 0 saturated heterocycles. The second kappa shape index (κ2) is 5.49. The van der Waals surface area contributed by atoms with Crippen molar-refractivity contribution >= 4 is 21.8 Å². The SMILES string of the molecule is CC(C)(C)NC(=O)COc1ccc(F)cc1Br. The van der Waals surface area contributed by atoms with E-state index in [1.807, 2.05) is 20.8 Å². The summed E-state index contributed by atoms with van der Waals surface area (Å²) in [6.07, 6.45) is 0. The molecule has 3 nitrogen and oxygen atoms in total. The number of ether oxygens (including phenoxy) is 1. The predicted molar refractivity (Wildman–Crippen MR) is 67.5 cm³/mol. The summed E-state index contributed by atoms with van der Waals surface area (Å²) < 4.78 is 18.6. The topological polar surface area (TPSA) is 38.3 Å². The Balaban J connectivity index is 2.53. The van der Waals surface area contributed by atoms with E-state index < -0.39 is 0 Å². The lowest BCUT2D eigenvalue weighted by molar-refractivity contribution is -0.124. The Morgan fingerprint density at radius 1 is 1.47 bits per heavy atom. The number of nitrogens with one attached hydrogen (secondary N) is 1. The minimum absolute atomic E-state index is 0.0957. The molecule has 1 amide bonds.